The lowest BCUT2D eigenvalue weighted by molar-refractivity contribution is -0.156. The summed E-state index contributed by atoms with van der Waals surface area (Å²) >= 11 is 2.63. The molecule has 1 rings (SSSR count). The second-order valence-corrected chi connectivity index (χ2v) is 7.42. The minimum absolute atomic E-state index is 0.250. The van der Waals surface area contributed by atoms with E-state index in [0.717, 1.165) is 4.34 Å². The number of rotatable bonds is 3. The van der Waals surface area contributed by atoms with E-state index in [-0.39, 0.29) is 5.97 Å². The third-order valence-electron chi connectivity index (χ3n) is 1.54. The van der Waals surface area contributed by atoms with Crippen molar-refractivity contribution in [2.75, 3.05) is 0 Å². The number of thioether (sulfide) groups is 1. The average Bonchev–Trinajstić information content (AvgIpc) is 2.52. The Kier molecular flexibility index (Phi) is 3.96. The van der Waals surface area contributed by atoms with Gasteiger partial charge in [0.25, 0.3) is 0 Å². The van der Waals surface area contributed by atoms with Gasteiger partial charge in [-0.25, -0.2) is 0 Å². The van der Waals surface area contributed by atoms with Crippen LogP contribution in [0, 0.1) is 5.51 Å². The van der Waals surface area contributed by atoms with Crippen molar-refractivity contribution >= 4 is 29.1 Å². The van der Waals surface area contributed by atoms with Crippen LogP contribution >= 0.6 is 23.1 Å². The van der Waals surface area contributed by atoms with Gasteiger partial charge in [0, 0.05) is 0 Å². The van der Waals surface area contributed by atoms with Gasteiger partial charge >= 0.3 is 5.97 Å². The molecule has 1 aromatic rings. The highest BCUT2D eigenvalue weighted by Crippen LogP contribution is 2.34. The first kappa shape index (κ1) is 13.4. The lowest BCUT2D eigenvalue weighted by Crippen LogP contribution is -2.36. The monoisotopic (exact) mass is 259 g/mol. The van der Waals surface area contributed by atoms with Gasteiger partial charge in [-0.2, -0.15) is 0 Å². The third kappa shape index (κ3) is 4.09. The number of hydrogen-bond acceptors (Lipinski definition) is 6. The predicted molar refractivity (Wildman–Crippen MR) is 64.5 cm³/mol. The molecule has 1 aromatic heterocycles. The second-order valence-electron chi connectivity index (χ2n) is 4.77. The van der Waals surface area contributed by atoms with Crippen molar-refractivity contribution in [1.29, 1.82) is 0 Å². The lowest BCUT2D eigenvalue weighted by Gasteiger charge is -2.27. The largest absolute Gasteiger partial charge is 0.459 e. The quantitative estimate of drug-likeness (QED) is 0.617. The molecular formula is C10H15N2O2S2. The first-order chi connectivity index (χ1) is 7.21. The molecule has 0 fully saturated rings. The molecule has 89 valence electrons. The number of carbonyl (C=O) groups excluding carboxylic acids is 1. The molecule has 6 heteroatoms. The minimum Gasteiger partial charge on any atom is -0.459 e. The van der Waals surface area contributed by atoms with E-state index in [4.69, 9.17) is 4.74 Å². The van der Waals surface area contributed by atoms with E-state index in [2.05, 4.69) is 15.7 Å². The van der Waals surface area contributed by atoms with Gasteiger partial charge in [0.1, 0.15) is 10.3 Å². The maximum Gasteiger partial charge on any atom is 0.322 e. The van der Waals surface area contributed by atoms with Crippen LogP contribution in [-0.2, 0) is 9.53 Å². The van der Waals surface area contributed by atoms with Crippen LogP contribution in [-0.4, -0.2) is 26.5 Å². The van der Waals surface area contributed by atoms with Crippen LogP contribution in [0.3, 0.4) is 0 Å². The smallest absolute Gasteiger partial charge is 0.322 e. The van der Waals surface area contributed by atoms with Crippen LogP contribution in [0.4, 0.5) is 0 Å². The molecule has 0 amide bonds. The fourth-order valence-electron chi connectivity index (χ4n) is 0.843. The van der Waals surface area contributed by atoms with Gasteiger partial charge in [0.15, 0.2) is 9.85 Å². The molecule has 1 heterocycles. The van der Waals surface area contributed by atoms with Crippen molar-refractivity contribution in [3.63, 3.8) is 0 Å². The van der Waals surface area contributed by atoms with Crippen molar-refractivity contribution in [2.45, 2.75) is 49.3 Å². The molecule has 0 bridgehead atoms. The molecule has 16 heavy (non-hydrogen) atoms. The standard InChI is InChI=1S/C10H15N2O2S2/c1-9(2,3)14-7(13)10(4,5)16-8-12-11-6-15-8/h1-5H3. The maximum atomic E-state index is 11.9. The van der Waals surface area contributed by atoms with Gasteiger partial charge in [-0.3, -0.25) is 4.79 Å². The van der Waals surface area contributed by atoms with E-state index in [1.165, 1.54) is 23.1 Å². The van der Waals surface area contributed by atoms with Gasteiger partial charge in [0.2, 0.25) is 0 Å². The van der Waals surface area contributed by atoms with Gasteiger partial charge in [-0.1, -0.05) is 23.1 Å². The number of hydrogen-bond donors (Lipinski definition) is 0. The van der Waals surface area contributed by atoms with E-state index >= 15 is 0 Å². The fraction of sp³-hybridized carbons (Fsp3) is 0.700. The molecule has 0 saturated carbocycles. The first-order valence-electron chi connectivity index (χ1n) is 4.83. The molecule has 0 aliphatic heterocycles. The number of nitrogens with zero attached hydrogens (tertiary/aromatic N) is 2. The highest BCUT2D eigenvalue weighted by molar-refractivity contribution is 8.02. The zero-order chi connectivity index (χ0) is 12.4. The van der Waals surface area contributed by atoms with Crippen LogP contribution in [0.25, 0.3) is 0 Å². The minimum atomic E-state index is -0.666. The Balaban J connectivity index is 2.66. The molecule has 0 aromatic carbocycles. The van der Waals surface area contributed by atoms with Crippen molar-refractivity contribution in [3.05, 3.63) is 5.51 Å². The molecule has 1 radical (unpaired) electrons. The Labute approximate surface area is 104 Å². The summed E-state index contributed by atoms with van der Waals surface area (Å²) in [4.78, 5) is 11.9. The topological polar surface area (TPSA) is 52.1 Å². The number of aromatic nitrogens is 2. The van der Waals surface area contributed by atoms with Crippen LogP contribution in [0.15, 0.2) is 4.34 Å². The van der Waals surface area contributed by atoms with E-state index in [9.17, 15) is 4.79 Å². The summed E-state index contributed by atoms with van der Waals surface area (Å²) in [6.07, 6.45) is 0. The van der Waals surface area contributed by atoms with Crippen molar-refractivity contribution in [1.82, 2.24) is 10.2 Å². The number of ether oxygens (including phenoxy) is 1. The van der Waals surface area contributed by atoms with Crippen molar-refractivity contribution in [2.24, 2.45) is 0 Å². The summed E-state index contributed by atoms with van der Waals surface area (Å²) < 4.78 is 5.39. The fourth-order valence-corrected chi connectivity index (χ4v) is 2.63. The summed E-state index contributed by atoms with van der Waals surface area (Å²) in [6, 6.07) is 0. The van der Waals surface area contributed by atoms with Crippen molar-refractivity contribution < 1.29 is 9.53 Å². The highest BCUT2D eigenvalue weighted by atomic mass is 32.2. The summed E-state index contributed by atoms with van der Waals surface area (Å²) in [5, 5.41) is 7.46. The zero-order valence-electron chi connectivity index (χ0n) is 10.0. The summed E-state index contributed by atoms with van der Waals surface area (Å²) in [6.45, 7) is 9.18. The molecule has 0 aliphatic carbocycles. The molecule has 0 aliphatic rings. The Bertz CT molecular complexity index is 355. The Morgan fingerprint density at radius 3 is 2.44 bits per heavy atom. The number of carbonyl (C=O) groups is 1. The van der Waals surface area contributed by atoms with Gasteiger partial charge < -0.3 is 4.74 Å². The molecule has 0 atom stereocenters. The third-order valence-corrected chi connectivity index (χ3v) is 3.40. The molecular weight excluding hydrogens is 244 g/mol. The van der Waals surface area contributed by atoms with E-state index in [1.54, 1.807) is 0 Å². The molecule has 0 saturated heterocycles. The maximum absolute atomic E-state index is 11.9. The predicted octanol–water partition coefficient (Wildman–Crippen LogP) is 2.55. The molecule has 0 N–H and O–H groups in total. The van der Waals surface area contributed by atoms with Crippen LogP contribution in [0.1, 0.15) is 34.6 Å². The van der Waals surface area contributed by atoms with E-state index in [0.29, 0.717) is 0 Å². The highest BCUT2D eigenvalue weighted by Gasteiger charge is 2.34. The molecule has 0 spiro atoms. The SMILES string of the molecule is CC(C)(C)OC(=O)C(C)(C)Sc1nn[c]s1. The van der Waals surface area contributed by atoms with E-state index in [1.807, 2.05) is 34.6 Å². The van der Waals surface area contributed by atoms with Crippen LogP contribution in [0.5, 0.6) is 0 Å². The number of esters is 1. The normalized spacial score (nSPS) is 12.6. The first-order valence-corrected chi connectivity index (χ1v) is 6.46. The van der Waals surface area contributed by atoms with Crippen LogP contribution < -0.4 is 0 Å². The summed E-state index contributed by atoms with van der Waals surface area (Å²) in [5.74, 6) is -0.250. The Morgan fingerprint density at radius 2 is 2.00 bits per heavy atom. The lowest BCUT2D eigenvalue weighted by atomic mass is 10.1. The summed E-state index contributed by atoms with van der Waals surface area (Å²) in [7, 11) is 0. The van der Waals surface area contributed by atoms with Crippen LogP contribution in [0.2, 0.25) is 0 Å². The Hall–Kier alpha value is -0.620. The average molecular weight is 259 g/mol. The van der Waals surface area contributed by atoms with Crippen molar-refractivity contribution in [3.8, 4) is 0 Å². The Morgan fingerprint density at radius 1 is 1.38 bits per heavy atom. The second kappa shape index (κ2) is 4.71. The van der Waals surface area contributed by atoms with E-state index < -0.39 is 10.3 Å². The zero-order valence-corrected chi connectivity index (χ0v) is 11.7. The van der Waals surface area contributed by atoms with Gasteiger partial charge in [-0.05, 0) is 34.6 Å². The molecule has 4 nitrogen and oxygen atoms in total. The van der Waals surface area contributed by atoms with Gasteiger partial charge in [-0.15, -0.1) is 10.2 Å². The van der Waals surface area contributed by atoms with Gasteiger partial charge in [0.05, 0.1) is 0 Å². The summed E-state index contributed by atoms with van der Waals surface area (Å²) in [5.41, 5.74) is 2.18. The molecule has 0 unspecified atom stereocenters.